The van der Waals surface area contributed by atoms with E-state index in [0.29, 0.717) is 6.54 Å². The maximum atomic E-state index is 12.9. The van der Waals surface area contributed by atoms with E-state index in [0.717, 1.165) is 48.8 Å². The van der Waals surface area contributed by atoms with Crippen LogP contribution in [0.1, 0.15) is 59.1 Å². The summed E-state index contributed by atoms with van der Waals surface area (Å²) in [7, 11) is 0. The summed E-state index contributed by atoms with van der Waals surface area (Å²) in [6.45, 7) is 2.18. The smallest absolute Gasteiger partial charge is 0.123 e. The SMILES string of the molecule is BrCCCC=C(c1ccccc1)c1ccccc1.Fc1ccc(CNCCCC=C(c2ccccc2)c2ccccc2)cc1.NCc1ccc(F)cc1. The second kappa shape index (κ2) is 24.3. The number of hydrogen-bond donors (Lipinski definition) is 2. The number of halogens is 3. The van der Waals surface area contributed by atoms with Crippen molar-refractivity contribution in [1.82, 2.24) is 5.32 Å². The Hall–Kier alpha value is -4.94. The Bertz CT molecular complexity index is 1810. The van der Waals surface area contributed by atoms with Gasteiger partial charge in [0.05, 0.1) is 0 Å². The zero-order valence-corrected chi connectivity index (χ0v) is 31.8. The molecule has 6 aromatic rings. The Balaban J connectivity index is 0.000000200. The third-order valence-corrected chi connectivity index (χ3v) is 8.88. The molecule has 0 aliphatic carbocycles. The number of unbranched alkanes of at least 4 members (excludes halogenated alkanes) is 2. The molecule has 5 heteroatoms. The molecule has 0 spiro atoms. The van der Waals surface area contributed by atoms with Crippen molar-refractivity contribution in [3.8, 4) is 0 Å². The molecule has 3 N–H and O–H groups in total. The first kappa shape index (κ1) is 40.8. The van der Waals surface area contributed by atoms with Gasteiger partial charge in [-0.05, 0) is 101 Å². The Morgan fingerprint density at radius 1 is 0.491 bits per heavy atom. The van der Waals surface area contributed by atoms with Gasteiger partial charge in [0, 0.05) is 18.4 Å². The molecule has 0 atom stereocenters. The van der Waals surface area contributed by atoms with Crippen molar-refractivity contribution in [1.29, 1.82) is 0 Å². The lowest BCUT2D eigenvalue weighted by Gasteiger charge is -2.09. The van der Waals surface area contributed by atoms with Crippen molar-refractivity contribution >= 4 is 27.1 Å². The number of rotatable bonds is 14. The second-order valence-corrected chi connectivity index (χ2v) is 13.1. The first-order valence-electron chi connectivity index (χ1n) is 18.1. The van der Waals surface area contributed by atoms with Gasteiger partial charge in [-0.25, -0.2) is 8.78 Å². The largest absolute Gasteiger partial charge is 0.326 e. The normalized spacial score (nSPS) is 10.2. The van der Waals surface area contributed by atoms with Gasteiger partial charge in [-0.3, -0.25) is 0 Å². The molecule has 0 unspecified atom stereocenters. The number of hydrogen-bond acceptors (Lipinski definition) is 2. The Kier molecular flexibility index (Phi) is 18.7. The van der Waals surface area contributed by atoms with E-state index in [-0.39, 0.29) is 11.6 Å². The van der Waals surface area contributed by atoms with Crippen LogP contribution < -0.4 is 11.1 Å². The lowest BCUT2D eigenvalue weighted by atomic mass is 9.96. The van der Waals surface area contributed by atoms with Gasteiger partial charge in [-0.15, -0.1) is 0 Å². The molecule has 0 heterocycles. The van der Waals surface area contributed by atoms with E-state index >= 15 is 0 Å². The Morgan fingerprint density at radius 3 is 1.21 bits per heavy atom. The van der Waals surface area contributed by atoms with Gasteiger partial charge < -0.3 is 11.1 Å². The molecule has 0 saturated carbocycles. The van der Waals surface area contributed by atoms with Crippen molar-refractivity contribution in [2.24, 2.45) is 5.73 Å². The zero-order chi connectivity index (χ0) is 37.4. The van der Waals surface area contributed by atoms with Crippen molar-refractivity contribution in [2.75, 3.05) is 11.9 Å². The Morgan fingerprint density at radius 2 is 0.849 bits per heavy atom. The highest BCUT2D eigenvalue weighted by atomic mass is 79.9. The van der Waals surface area contributed by atoms with Crippen LogP contribution in [0.3, 0.4) is 0 Å². The minimum absolute atomic E-state index is 0.187. The molecule has 272 valence electrons. The molecule has 2 nitrogen and oxygen atoms in total. The topological polar surface area (TPSA) is 38.0 Å². The maximum Gasteiger partial charge on any atom is 0.123 e. The highest BCUT2D eigenvalue weighted by Gasteiger charge is 2.05. The summed E-state index contributed by atoms with van der Waals surface area (Å²) >= 11 is 3.48. The van der Waals surface area contributed by atoms with Crippen molar-refractivity contribution < 1.29 is 8.78 Å². The summed E-state index contributed by atoms with van der Waals surface area (Å²) in [4.78, 5) is 0. The molecule has 0 aromatic heterocycles. The molecular weight excluding hydrogens is 722 g/mol. The molecule has 6 rings (SSSR count). The van der Waals surface area contributed by atoms with Gasteiger partial charge in [-0.1, -0.05) is 174 Å². The second-order valence-electron chi connectivity index (χ2n) is 12.3. The maximum absolute atomic E-state index is 12.9. The van der Waals surface area contributed by atoms with Crippen molar-refractivity contribution in [3.05, 3.63) is 227 Å². The predicted octanol–water partition coefficient (Wildman–Crippen LogP) is 12.4. The summed E-state index contributed by atoms with van der Waals surface area (Å²) in [5.74, 6) is -0.402. The summed E-state index contributed by atoms with van der Waals surface area (Å²) in [6, 6.07) is 55.1. The van der Waals surface area contributed by atoms with Gasteiger partial charge in [0.1, 0.15) is 11.6 Å². The Labute approximate surface area is 323 Å². The van der Waals surface area contributed by atoms with Crippen LogP contribution in [-0.4, -0.2) is 11.9 Å². The number of alkyl halides is 1. The fraction of sp³-hybridized carbons (Fsp3) is 0.167. The number of allylic oxidation sites excluding steroid dienone is 2. The van der Waals surface area contributed by atoms with Gasteiger partial charge in [0.2, 0.25) is 0 Å². The van der Waals surface area contributed by atoms with E-state index in [1.807, 2.05) is 24.3 Å². The predicted molar refractivity (Wildman–Crippen MR) is 225 cm³/mol. The molecule has 0 saturated heterocycles. The molecule has 0 aliphatic rings. The number of nitrogens with two attached hydrogens (primary N) is 1. The van der Waals surface area contributed by atoms with Crippen LogP contribution >= 0.6 is 15.9 Å². The summed E-state index contributed by atoms with van der Waals surface area (Å²) in [5.41, 5.74) is 15.0. The number of nitrogens with one attached hydrogen (secondary N) is 1. The van der Waals surface area contributed by atoms with Gasteiger partial charge in [0.15, 0.2) is 0 Å². The van der Waals surface area contributed by atoms with Gasteiger partial charge in [0.25, 0.3) is 0 Å². The molecule has 0 aliphatic heterocycles. The zero-order valence-electron chi connectivity index (χ0n) is 30.2. The molecule has 0 amide bonds. The first-order chi connectivity index (χ1) is 26.1. The monoisotopic (exact) mass is 770 g/mol. The van der Waals surface area contributed by atoms with E-state index in [1.54, 1.807) is 12.1 Å². The summed E-state index contributed by atoms with van der Waals surface area (Å²) < 4.78 is 25.1. The summed E-state index contributed by atoms with van der Waals surface area (Å²) in [5, 5.41) is 4.48. The third kappa shape index (κ3) is 15.3. The van der Waals surface area contributed by atoms with Crippen LogP contribution in [0.25, 0.3) is 11.1 Å². The fourth-order valence-corrected chi connectivity index (χ4v) is 5.85. The molecule has 0 bridgehead atoms. The van der Waals surface area contributed by atoms with Crippen LogP contribution in [0, 0.1) is 11.6 Å². The quantitative estimate of drug-likeness (QED) is 0.0855. The number of benzene rings is 6. The molecule has 0 fully saturated rings. The van der Waals surface area contributed by atoms with Gasteiger partial charge >= 0.3 is 0 Å². The lowest BCUT2D eigenvalue weighted by Crippen LogP contribution is -2.14. The van der Waals surface area contributed by atoms with Gasteiger partial charge in [-0.2, -0.15) is 0 Å². The van der Waals surface area contributed by atoms with E-state index in [1.165, 1.54) is 64.1 Å². The van der Waals surface area contributed by atoms with Crippen molar-refractivity contribution in [3.63, 3.8) is 0 Å². The lowest BCUT2D eigenvalue weighted by molar-refractivity contribution is 0.623. The highest BCUT2D eigenvalue weighted by Crippen LogP contribution is 2.25. The minimum Gasteiger partial charge on any atom is -0.326 e. The summed E-state index contributed by atoms with van der Waals surface area (Å²) in [6.07, 6.45) is 9.00. The van der Waals surface area contributed by atoms with Crippen LogP contribution in [-0.2, 0) is 13.1 Å². The third-order valence-electron chi connectivity index (χ3n) is 8.32. The van der Waals surface area contributed by atoms with Crippen LogP contribution in [0.4, 0.5) is 8.78 Å². The molecule has 0 radical (unpaired) electrons. The van der Waals surface area contributed by atoms with Crippen molar-refractivity contribution in [2.45, 2.75) is 38.8 Å². The van der Waals surface area contributed by atoms with Crippen LogP contribution in [0.2, 0.25) is 0 Å². The fourth-order valence-electron chi connectivity index (χ4n) is 5.53. The standard InChI is InChI=1S/C24H24FN.C17H17Br.C7H8FN/c25-23-16-14-20(15-17-23)19-26-18-8-7-13-24(21-9-3-1-4-10-21)22-11-5-2-6-12-22;18-14-8-7-13-17(15-9-3-1-4-10-15)16-11-5-2-6-12-16;8-7-3-1-6(5-9)2-4-7/h1-6,9-17,26H,7-8,18-19H2;1-6,9-13H,7-8,14H2;1-4H,5,9H2. The first-order valence-corrected chi connectivity index (χ1v) is 19.3. The van der Waals surface area contributed by atoms with E-state index in [9.17, 15) is 8.78 Å². The molecular formula is C48H49BrF2N2. The molecule has 53 heavy (non-hydrogen) atoms. The van der Waals surface area contributed by atoms with E-state index in [4.69, 9.17) is 5.73 Å². The highest BCUT2D eigenvalue weighted by molar-refractivity contribution is 9.09. The average molecular weight is 772 g/mol. The van der Waals surface area contributed by atoms with Crippen LogP contribution in [0.5, 0.6) is 0 Å². The van der Waals surface area contributed by atoms with E-state index < -0.39 is 0 Å². The van der Waals surface area contributed by atoms with E-state index in [2.05, 4.69) is 143 Å². The minimum atomic E-state index is -0.216. The van der Waals surface area contributed by atoms with Crippen LogP contribution in [0.15, 0.2) is 182 Å². The molecule has 6 aromatic carbocycles. The average Bonchev–Trinajstić information content (AvgIpc) is 3.22.